The molecule has 19 nitrogen and oxygen atoms in total. The molecule has 0 radical (unpaired) electrons. The van der Waals surface area contributed by atoms with Crippen LogP contribution in [0.25, 0.3) is 0 Å². The van der Waals surface area contributed by atoms with Crippen LogP contribution >= 0.6 is 23.5 Å². The first-order chi connectivity index (χ1) is 14.3. The molecule has 0 spiro atoms. The van der Waals surface area contributed by atoms with Gasteiger partial charge in [0.15, 0.2) is 6.29 Å². The molecule has 1 aliphatic heterocycles. The lowest BCUT2D eigenvalue weighted by Gasteiger charge is -2.20. The number of carboxylic acid groups (broad SMARTS) is 1. The van der Waals surface area contributed by atoms with Gasteiger partial charge in [0.25, 0.3) is 0 Å². The molecule has 0 aromatic carbocycles. The van der Waals surface area contributed by atoms with E-state index in [9.17, 15) is 38.4 Å². The van der Waals surface area contributed by atoms with Crippen LogP contribution in [0.2, 0.25) is 0 Å². The summed E-state index contributed by atoms with van der Waals surface area (Å²) in [5, 5.41) is 35.8. The normalized spacial score (nSPS) is 28.0. The van der Waals surface area contributed by atoms with Gasteiger partial charge in [0.2, 0.25) is 5.91 Å². The summed E-state index contributed by atoms with van der Waals surface area (Å²) in [5.74, 6) is -1.64. The van der Waals surface area contributed by atoms with E-state index >= 15 is 0 Å². The van der Waals surface area contributed by atoms with Gasteiger partial charge in [0.1, 0.15) is 24.4 Å². The summed E-state index contributed by atoms with van der Waals surface area (Å²) in [5.41, 5.74) is 9.81. The minimum atomic E-state index is -5.70. The Morgan fingerprint density at radius 2 is 1.53 bits per heavy atom. The maximum Gasteiger partial charge on any atom is 0.490 e. The first kappa shape index (κ1) is 31.1. The number of rotatable bonds is 11. The molecule has 0 saturated carbocycles. The number of phosphoric ester groups is 1. The van der Waals surface area contributed by atoms with Gasteiger partial charge in [-0.1, -0.05) is 0 Å². The molecule has 0 bridgehead atoms. The maximum absolute atomic E-state index is 11.4. The fourth-order valence-corrected chi connectivity index (χ4v) is 4.90. The second-order valence-corrected chi connectivity index (χ2v) is 10.2. The lowest BCUT2D eigenvalue weighted by atomic mass is 10.1. The molecule has 7 atom stereocenters. The number of carbonyl (C=O) groups is 2. The highest BCUT2D eigenvalue weighted by atomic mass is 31.3. The Kier molecular flexibility index (Phi) is 12.2. The van der Waals surface area contributed by atoms with E-state index in [1.807, 2.05) is 0 Å². The summed E-state index contributed by atoms with van der Waals surface area (Å²) < 4.78 is 48.5. The SMILES string of the molecule is NC(=O)CC[C@H](N)C(=O)O.O=P(O)(O)OP(=O)(O)OP(=O)(O)OC1O[C@H](CO)[C@@H](O)[C@H]1O. The Labute approximate surface area is 178 Å². The number of ether oxygens (including phenoxy) is 1. The summed E-state index contributed by atoms with van der Waals surface area (Å²) in [6.45, 7) is -0.783. The molecule has 0 aliphatic carbocycles. The van der Waals surface area contributed by atoms with Gasteiger partial charge in [-0.2, -0.15) is 8.62 Å². The molecule has 1 saturated heterocycles. The number of hydrogen-bond acceptors (Lipinski definition) is 13. The van der Waals surface area contributed by atoms with E-state index in [0.29, 0.717) is 0 Å². The zero-order valence-corrected chi connectivity index (χ0v) is 18.4. The van der Waals surface area contributed by atoms with Crippen molar-refractivity contribution in [2.75, 3.05) is 6.61 Å². The molecule has 1 aliphatic rings. The van der Waals surface area contributed by atoms with Crippen molar-refractivity contribution in [2.45, 2.75) is 43.5 Å². The summed E-state index contributed by atoms with van der Waals surface area (Å²) >= 11 is 0. The van der Waals surface area contributed by atoms with E-state index in [2.05, 4.69) is 17.9 Å². The van der Waals surface area contributed by atoms with Crippen molar-refractivity contribution in [3.05, 3.63) is 0 Å². The Morgan fingerprint density at radius 1 is 1.00 bits per heavy atom. The van der Waals surface area contributed by atoms with Crippen molar-refractivity contribution in [2.24, 2.45) is 11.5 Å². The molecule has 3 unspecified atom stereocenters. The third kappa shape index (κ3) is 12.4. The molecule has 32 heavy (non-hydrogen) atoms. The number of carboxylic acids is 1. The maximum atomic E-state index is 11.4. The predicted octanol–water partition coefficient (Wildman–Crippen LogP) is -3.57. The van der Waals surface area contributed by atoms with E-state index in [1.165, 1.54) is 0 Å². The molecule has 22 heteroatoms. The number of carbonyl (C=O) groups excluding carboxylic acids is 1. The third-order valence-corrected chi connectivity index (χ3v) is 6.97. The molecule has 12 N–H and O–H groups in total. The monoisotopic (exact) mass is 536 g/mol. The second-order valence-electron chi connectivity index (χ2n) is 5.85. The molecule has 0 aromatic heterocycles. The van der Waals surface area contributed by atoms with Crippen molar-refractivity contribution in [3.8, 4) is 0 Å². The fourth-order valence-electron chi connectivity index (χ4n) is 1.80. The zero-order valence-electron chi connectivity index (χ0n) is 15.8. The molecule has 1 heterocycles. The van der Waals surface area contributed by atoms with Crippen molar-refractivity contribution < 1.29 is 81.2 Å². The summed E-state index contributed by atoms with van der Waals surface area (Å²) in [7, 11) is -16.7. The quantitative estimate of drug-likeness (QED) is 0.114. The van der Waals surface area contributed by atoms with Crippen LogP contribution in [-0.4, -0.2) is 89.1 Å². The van der Waals surface area contributed by atoms with E-state index < -0.39 is 72.6 Å². The third-order valence-electron chi connectivity index (χ3n) is 3.17. The van der Waals surface area contributed by atoms with Crippen molar-refractivity contribution in [3.63, 3.8) is 0 Å². The highest BCUT2D eigenvalue weighted by Gasteiger charge is 2.49. The number of phosphoric acid groups is 3. The van der Waals surface area contributed by atoms with Crippen LogP contribution in [0.1, 0.15) is 12.8 Å². The number of aliphatic hydroxyl groups excluding tert-OH is 3. The van der Waals surface area contributed by atoms with Gasteiger partial charge in [0.05, 0.1) is 6.61 Å². The van der Waals surface area contributed by atoms with Crippen molar-refractivity contribution in [1.29, 1.82) is 0 Å². The van der Waals surface area contributed by atoms with Crippen molar-refractivity contribution in [1.82, 2.24) is 0 Å². The first-order valence-electron chi connectivity index (χ1n) is 8.01. The summed E-state index contributed by atoms with van der Waals surface area (Å²) in [6, 6.07) is -0.979. The van der Waals surface area contributed by atoms with E-state index in [0.717, 1.165) is 0 Å². The molecule has 1 rings (SSSR count). The number of primary amides is 1. The van der Waals surface area contributed by atoms with Crippen LogP contribution in [0.3, 0.4) is 0 Å². The van der Waals surface area contributed by atoms with Gasteiger partial charge in [-0.15, -0.1) is 0 Å². The Hall–Kier alpha value is -0.850. The molecule has 1 amide bonds. The average Bonchev–Trinajstić information content (AvgIpc) is 2.83. The topological polar surface area (TPSA) is 336 Å². The molecule has 0 aromatic rings. The minimum Gasteiger partial charge on any atom is -0.480 e. The summed E-state index contributed by atoms with van der Waals surface area (Å²) in [6.07, 6.45) is -6.88. The van der Waals surface area contributed by atoms with Gasteiger partial charge in [0, 0.05) is 6.42 Å². The van der Waals surface area contributed by atoms with E-state index in [-0.39, 0.29) is 12.8 Å². The standard InChI is InChI=1S/C5H10N2O3.C5H13O14P3/c6-3(5(9)10)1-2-4(7)8;6-1-2-3(7)4(8)5(16-2)17-21(12,13)19-22(14,15)18-20(9,10)11/h3H,1-2,6H2,(H2,7,8)(H,9,10);2-8H,1H2,(H,12,13)(H,14,15)(H2,9,10,11)/t3-;2-,3-,4-,5?/m01/s1. The van der Waals surface area contributed by atoms with Crippen LogP contribution in [0.15, 0.2) is 0 Å². The van der Waals surface area contributed by atoms with Crippen LogP contribution in [0, 0.1) is 0 Å². The van der Waals surface area contributed by atoms with E-state index in [1.54, 1.807) is 0 Å². The van der Waals surface area contributed by atoms with Crippen LogP contribution in [-0.2, 0) is 41.2 Å². The van der Waals surface area contributed by atoms with Gasteiger partial charge in [-0.3, -0.25) is 14.1 Å². The van der Waals surface area contributed by atoms with Gasteiger partial charge >= 0.3 is 29.4 Å². The zero-order chi connectivity index (χ0) is 25.5. The van der Waals surface area contributed by atoms with Crippen LogP contribution < -0.4 is 11.5 Å². The number of aliphatic carboxylic acids is 1. The second kappa shape index (κ2) is 12.6. The van der Waals surface area contributed by atoms with Gasteiger partial charge < -0.3 is 56.2 Å². The minimum absolute atomic E-state index is 0.0213. The number of aliphatic hydroxyl groups is 3. The highest BCUT2D eigenvalue weighted by Crippen LogP contribution is 2.66. The molecule has 1 fully saturated rings. The van der Waals surface area contributed by atoms with Gasteiger partial charge in [-0.25, -0.2) is 13.7 Å². The fraction of sp³-hybridized carbons (Fsp3) is 0.800. The average molecular weight is 536 g/mol. The molecule has 190 valence electrons. The van der Waals surface area contributed by atoms with Crippen LogP contribution in [0.5, 0.6) is 0 Å². The lowest BCUT2D eigenvalue weighted by molar-refractivity contribution is -0.138. The molecular formula is C10H23N2O17P3. The highest BCUT2D eigenvalue weighted by molar-refractivity contribution is 7.66. The molecular weight excluding hydrogens is 513 g/mol. The number of nitrogens with two attached hydrogens (primary N) is 2. The number of amides is 1. The predicted molar refractivity (Wildman–Crippen MR) is 96.7 cm³/mol. The smallest absolute Gasteiger partial charge is 0.480 e. The van der Waals surface area contributed by atoms with Crippen LogP contribution in [0.4, 0.5) is 0 Å². The van der Waals surface area contributed by atoms with Gasteiger partial charge in [-0.05, 0) is 6.42 Å². The van der Waals surface area contributed by atoms with Crippen molar-refractivity contribution >= 4 is 35.3 Å². The van der Waals surface area contributed by atoms with E-state index in [4.69, 9.17) is 36.4 Å². The first-order valence-corrected chi connectivity index (χ1v) is 12.5. The number of hydrogen-bond donors (Lipinski definition) is 10. The Balaban J connectivity index is 0.000000809. The summed E-state index contributed by atoms with van der Waals surface area (Å²) in [4.78, 5) is 54.8. The lowest BCUT2D eigenvalue weighted by Crippen LogP contribution is -2.34. The largest absolute Gasteiger partial charge is 0.490 e. The Bertz CT molecular complexity index is 787. The Morgan fingerprint density at radius 3 is 1.91 bits per heavy atom.